The maximum Gasteiger partial charge on any atom is 0.228 e. The van der Waals surface area contributed by atoms with Crippen LogP contribution in [0.3, 0.4) is 0 Å². The molecule has 0 spiro atoms. The van der Waals surface area contributed by atoms with E-state index in [0.29, 0.717) is 6.42 Å². The van der Waals surface area contributed by atoms with Crippen molar-refractivity contribution in [1.82, 2.24) is 0 Å². The lowest BCUT2D eigenvalue weighted by molar-refractivity contribution is -0.115. The number of anilines is 1. The lowest BCUT2D eigenvalue weighted by atomic mass is 10.0. The molecule has 0 saturated carbocycles. The summed E-state index contributed by atoms with van der Waals surface area (Å²) in [7, 11) is 0. The summed E-state index contributed by atoms with van der Waals surface area (Å²) < 4.78 is 0. The van der Waals surface area contributed by atoms with E-state index in [0.717, 1.165) is 29.5 Å². The van der Waals surface area contributed by atoms with Crippen LogP contribution in [0.2, 0.25) is 0 Å². The summed E-state index contributed by atoms with van der Waals surface area (Å²) in [5, 5.41) is 5.62. The Morgan fingerprint density at radius 1 is 1.00 bits per heavy atom. The Hall–Kier alpha value is -2.61. The number of carbonyl (C=O) groups is 1. The summed E-state index contributed by atoms with van der Waals surface area (Å²) >= 11 is 0. The molecule has 120 valence electrons. The predicted octanol–water partition coefficient (Wildman–Crippen LogP) is 4.74. The van der Waals surface area contributed by atoms with Crippen molar-refractivity contribution in [3.05, 3.63) is 76.3 Å². The van der Waals surface area contributed by atoms with Gasteiger partial charge in [-0.15, -0.1) is 0 Å². The highest BCUT2D eigenvalue weighted by atomic mass is 16.1. The molecule has 2 heteroatoms. The van der Waals surface area contributed by atoms with Crippen molar-refractivity contribution in [3.8, 4) is 0 Å². The van der Waals surface area contributed by atoms with Gasteiger partial charge in [-0.2, -0.15) is 0 Å². The van der Waals surface area contributed by atoms with Crippen molar-refractivity contribution in [2.24, 2.45) is 0 Å². The fourth-order valence-corrected chi connectivity index (χ4v) is 3.77. The first kappa shape index (κ1) is 14.9. The number of rotatable bonds is 3. The van der Waals surface area contributed by atoms with Crippen molar-refractivity contribution in [3.63, 3.8) is 0 Å². The van der Waals surface area contributed by atoms with Crippen LogP contribution in [0.5, 0.6) is 0 Å². The van der Waals surface area contributed by atoms with Crippen LogP contribution in [0.15, 0.2) is 48.5 Å². The van der Waals surface area contributed by atoms with Gasteiger partial charge >= 0.3 is 0 Å². The molecule has 0 heterocycles. The zero-order valence-electron chi connectivity index (χ0n) is 14.1. The molecule has 0 aliphatic heterocycles. The summed E-state index contributed by atoms with van der Waals surface area (Å²) in [4.78, 5) is 12.5. The first-order valence-corrected chi connectivity index (χ1v) is 8.51. The van der Waals surface area contributed by atoms with Crippen molar-refractivity contribution < 1.29 is 4.79 Å². The molecule has 4 rings (SSSR count). The molecule has 0 saturated heterocycles. The molecule has 0 fully saturated rings. The summed E-state index contributed by atoms with van der Waals surface area (Å²) in [5.74, 6) is 0.0423. The average molecular weight is 315 g/mol. The fourth-order valence-electron chi connectivity index (χ4n) is 3.77. The lowest BCUT2D eigenvalue weighted by Gasteiger charge is -2.12. The molecule has 1 aliphatic rings. The largest absolute Gasteiger partial charge is 0.325 e. The van der Waals surface area contributed by atoms with Gasteiger partial charge in [0.1, 0.15) is 0 Å². The van der Waals surface area contributed by atoms with E-state index in [4.69, 9.17) is 0 Å². The minimum Gasteiger partial charge on any atom is -0.325 e. The topological polar surface area (TPSA) is 29.1 Å². The Morgan fingerprint density at radius 2 is 1.79 bits per heavy atom. The molecule has 0 aromatic heterocycles. The minimum atomic E-state index is 0.0423. The number of nitrogens with one attached hydrogen (secondary N) is 1. The first-order chi connectivity index (χ1) is 11.6. The van der Waals surface area contributed by atoms with Crippen LogP contribution in [-0.4, -0.2) is 5.91 Å². The second kappa shape index (κ2) is 5.79. The summed E-state index contributed by atoms with van der Waals surface area (Å²) in [6, 6.07) is 16.8. The van der Waals surface area contributed by atoms with Gasteiger partial charge in [0.05, 0.1) is 6.42 Å². The third-order valence-corrected chi connectivity index (χ3v) is 5.00. The highest BCUT2D eigenvalue weighted by Gasteiger charge is 2.16. The summed E-state index contributed by atoms with van der Waals surface area (Å²) in [6.45, 7) is 4.14. The third-order valence-electron chi connectivity index (χ3n) is 5.00. The van der Waals surface area contributed by atoms with Crippen LogP contribution in [0.25, 0.3) is 10.8 Å². The summed E-state index contributed by atoms with van der Waals surface area (Å²) in [6.07, 6.45) is 2.62. The number of benzene rings is 3. The van der Waals surface area contributed by atoms with Crippen molar-refractivity contribution >= 4 is 22.4 Å². The Labute approximate surface area is 142 Å². The number of carbonyl (C=O) groups excluding carboxylic acids is 1. The van der Waals surface area contributed by atoms with Gasteiger partial charge in [0.25, 0.3) is 0 Å². The lowest BCUT2D eigenvalue weighted by Crippen LogP contribution is -2.15. The third kappa shape index (κ3) is 2.58. The highest BCUT2D eigenvalue weighted by molar-refractivity contribution is 6.05. The Morgan fingerprint density at radius 3 is 2.58 bits per heavy atom. The number of aryl methyl sites for hydroxylation is 4. The number of hydrogen-bond donors (Lipinski definition) is 1. The van der Waals surface area contributed by atoms with Crippen molar-refractivity contribution in [2.45, 2.75) is 33.1 Å². The van der Waals surface area contributed by atoms with Crippen LogP contribution in [0.1, 0.15) is 27.8 Å². The Bertz CT molecular complexity index is 945. The van der Waals surface area contributed by atoms with Gasteiger partial charge in [-0.3, -0.25) is 4.79 Å². The van der Waals surface area contributed by atoms with E-state index in [9.17, 15) is 4.79 Å². The van der Waals surface area contributed by atoms with E-state index in [2.05, 4.69) is 61.6 Å². The molecule has 0 bridgehead atoms. The van der Waals surface area contributed by atoms with Gasteiger partial charge in [-0.05, 0) is 60.4 Å². The standard InChI is InChI=1S/C22H21NO/c1-14-6-7-18(15(2)12-14)13-21(24)23-20-11-10-17-9-8-16-4-3-5-19(20)22(16)17/h3-7,10-12H,8-9,13H2,1-2H3,(H,23,24). The van der Waals surface area contributed by atoms with Gasteiger partial charge < -0.3 is 5.32 Å². The highest BCUT2D eigenvalue weighted by Crippen LogP contribution is 2.35. The van der Waals surface area contributed by atoms with Crippen LogP contribution >= 0.6 is 0 Å². The van der Waals surface area contributed by atoms with Crippen LogP contribution in [-0.2, 0) is 24.1 Å². The maximum atomic E-state index is 12.5. The second-order valence-corrected chi connectivity index (χ2v) is 6.77. The molecule has 3 aromatic rings. The van der Waals surface area contributed by atoms with E-state index in [1.165, 1.54) is 27.6 Å². The maximum absolute atomic E-state index is 12.5. The number of hydrogen-bond acceptors (Lipinski definition) is 1. The van der Waals surface area contributed by atoms with E-state index >= 15 is 0 Å². The van der Waals surface area contributed by atoms with E-state index in [1.54, 1.807) is 0 Å². The second-order valence-electron chi connectivity index (χ2n) is 6.77. The zero-order chi connectivity index (χ0) is 16.7. The van der Waals surface area contributed by atoms with Gasteiger partial charge in [-0.25, -0.2) is 0 Å². The normalized spacial score (nSPS) is 12.6. The molecule has 3 aromatic carbocycles. The van der Waals surface area contributed by atoms with E-state index in [-0.39, 0.29) is 5.91 Å². The molecule has 1 amide bonds. The van der Waals surface area contributed by atoms with Crippen molar-refractivity contribution in [1.29, 1.82) is 0 Å². The van der Waals surface area contributed by atoms with Gasteiger partial charge in [0.2, 0.25) is 5.91 Å². The number of amides is 1. The van der Waals surface area contributed by atoms with Crippen LogP contribution in [0, 0.1) is 13.8 Å². The average Bonchev–Trinajstić information content (AvgIpc) is 2.98. The molecule has 0 unspecified atom stereocenters. The predicted molar refractivity (Wildman–Crippen MR) is 99.6 cm³/mol. The summed E-state index contributed by atoms with van der Waals surface area (Å²) in [5.41, 5.74) is 7.20. The molecule has 1 N–H and O–H groups in total. The molecular weight excluding hydrogens is 294 g/mol. The van der Waals surface area contributed by atoms with E-state index in [1.807, 2.05) is 6.07 Å². The Balaban J connectivity index is 1.62. The molecule has 2 nitrogen and oxygen atoms in total. The zero-order valence-corrected chi connectivity index (χ0v) is 14.1. The SMILES string of the molecule is Cc1ccc(CC(=O)Nc2ccc3c4c(cccc24)CC3)c(C)c1. The van der Waals surface area contributed by atoms with Gasteiger partial charge in [0.15, 0.2) is 0 Å². The van der Waals surface area contributed by atoms with Crippen LogP contribution in [0.4, 0.5) is 5.69 Å². The van der Waals surface area contributed by atoms with Gasteiger partial charge in [0, 0.05) is 11.1 Å². The molecule has 1 aliphatic carbocycles. The van der Waals surface area contributed by atoms with Crippen molar-refractivity contribution in [2.75, 3.05) is 5.32 Å². The smallest absolute Gasteiger partial charge is 0.228 e. The molecule has 0 atom stereocenters. The molecule has 0 radical (unpaired) electrons. The van der Waals surface area contributed by atoms with E-state index < -0.39 is 0 Å². The minimum absolute atomic E-state index is 0.0423. The molecular formula is C22H21NO. The van der Waals surface area contributed by atoms with Gasteiger partial charge in [-0.1, -0.05) is 48.0 Å². The fraction of sp³-hybridized carbons (Fsp3) is 0.227. The quantitative estimate of drug-likeness (QED) is 0.743. The van der Waals surface area contributed by atoms with Crippen LogP contribution < -0.4 is 5.32 Å². The Kier molecular flexibility index (Phi) is 3.61. The first-order valence-electron chi connectivity index (χ1n) is 8.51. The monoisotopic (exact) mass is 315 g/mol. The molecule has 24 heavy (non-hydrogen) atoms.